The smallest absolute Gasteiger partial charge is 0.0766 e. The van der Waals surface area contributed by atoms with Crippen LogP contribution in [0.1, 0.15) is 58.3 Å². The maximum absolute atomic E-state index is 4.74. The Morgan fingerprint density at radius 2 is 2.10 bits per heavy atom. The predicted octanol–water partition coefficient (Wildman–Crippen LogP) is 4.18. The fraction of sp³-hybridized carbons (Fsp3) is 0.824. The van der Waals surface area contributed by atoms with Gasteiger partial charge in [0.15, 0.2) is 0 Å². The van der Waals surface area contributed by atoms with Gasteiger partial charge in [0.2, 0.25) is 0 Å². The van der Waals surface area contributed by atoms with E-state index in [-0.39, 0.29) is 0 Å². The second-order valence-electron chi connectivity index (χ2n) is 6.42. The van der Waals surface area contributed by atoms with E-state index >= 15 is 0 Å². The number of hydrogen-bond acceptors (Lipinski definition) is 2. The molecule has 21 heavy (non-hydrogen) atoms. The summed E-state index contributed by atoms with van der Waals surface area (Å²) in [6.07, 6.45) is 6.22. The number of rotatable bonds is 7. The molecule has 3 unspecified atom stereocenters. The molecule has 1 fully saturated rings. The minimum absolute atomic E-state index is 0.586. The summed E-state index contributed by atoms with van der Waals surface area (Å²) < 4.78 is 3.42. The van der Waals surface area contributed by atoms with Crippen LogP contribution in [0.2, 0.25) is 0 Å². The van der Waals surface area contributed by atoms with E-state index in [0.29, 0.717) is 6.04 Å². The lowest BCUT2D eigenvalue weighted by Gasteiger charge is -2.25. The molecule has 3 atom stereocenters. The zero-order valence-corrected chi connectivity index (χ0v) is 15.5. The van der Waals surface area contributed by atoms with Crippen molar-refractivity contribution in [1.29, 1.82) is 0 Å². The summed E-state index contributed by atoms with van der Waals surface area (Å²) in [4.78, 5) is 0. The maximum Gasteiger partial charge on any atom is 0.0766 e. The van der Waals surface area contributed by atoms with Gasteiger partial charge < -0.3 is 5.32 Å². The van der Waals surface area contributed by atoms with Gasteiger partial charge in [0.1, 0.15) is 0 Å². The third kappa shape index (κ3) is 3.89. The molecule has 1 aromatic rings. The topological polar surface area (TPSA) is 29.9 Å². The molecule has 0 radical (unpaired) electrons. The highest BCUT2D eigenvalue weighted by molar-refractivity contribution is 9.10. The Balaban J connectivity index is 2.18. The van der Waals surface area contributed by atoms with Gasteiger partial charge in [0.05, 0.1) is 15.9 Å². The van der Waals surface area contributed by atoms with Gasteiger partial charge >= 0.3 is 0 Å². The highest BCUT2D eigenvalue weighted by Gasteiger charge is 2.30. The molecule has 3 nitrogen and oxygen atoms in total. The molecule has 0 aliphatic heterocycles. The molecule has 0 saturated heterocycles. The molecule has 2 rings (SSSR count). The second kappa shape index (κ2) is 7.77. The average molecular weight is 356 g/mol. The molecule has 4 heteroatoms. The zero-order chi connectivity index (χ0) is 15.4. The minimum atomic E-state index is 0.586. The Bertz CT molecular complexity index is 455. The van der Waals surface area contributed by atoms with E-state index in [1.165, 1.54) is 35.1 Å². The number of halogens is 1. The summed E-state index contributed by atoms with van der Waals surface area (Å²) >= 11 is 3.79. The Morgan fingerprint density at radius 3 is 2.62 bits per heavy atom. The number of nitrogens with zero attached hydrogens (tertiary/aromatic N) is 2. The molecule has 1 saturated carbocycles. The second-order valence-corrected chi connectivity index (χ2v) is 7.22. The first-order valence-corrected chi connectivity index (χ1v) is 9.37. The van der Waals surface area contributed by atoms with Crippen molar-refractivity contribution in [2.75, 3.05) is 6.54 Å². The standard InChI is InChI=1S/C17H30BrN3/c1-5-14-17(18)16(21(7-3)20-14)11-15(19-6-2)13-9-8-12(4)10-13/h12-13,15,19H,5-11H2,1-4H3. The van der Waals surface area contributed by atoms with Crippen LogP contribution in [0.3, 0.4) is 0 Å². The van der Waals surface area contributed by atoms with Crippen LogP contribution >= 0.6 is 15.9 Å². The summed E-state index contributed by atoms with van der Waals surface area (Å²) in [6, 6.07) is 0.586. The number of aromatic nitrogens is 2. The molecule has 1 aromatic heterocycles. The van der Waals surface area contributed by atoms with Gasteiger partial charge in [-0.25, -0.2) is 0 Å². The van der Waals surface area contributed by atoms with Crippen LogP contribution in [0, 0.1) is 11.8 Å². The monoisotopic (exact) mass is 355 g/mol. The highest BCUT2D eigenvalue weighted by Crippen LogP contribution is 2.35. The SMILES string of the molecule is CCNC(Cc1c(Br)c(CC)nn1CC)C1CCC(C)C1. The fourth-order valence-electron chi connectivity index (χ4n) is 3.70. The summed E-state index contributed by atoms with van der Waals surface area (Å²) in [5.74, 6) is 1.71. The number of likely N-dealkylation sites (N-methyl/N-ethyl adjacent to an activating group) is 1. The van der Waals surface area contributed by atoms with Crippen LogP contribution in [0.5, 0.6) is 0 Å². The highest BCUT2D eigenvalue weighted by atomic mass is 79.9. The zero-order valence-electron chi connectivity index (χ0n) is 14.0. The molecular formula is C17H30BrN3. The minimum Gasteiger partial charge on any atom is -0.314 e. The summed E-state index contributed by atoms with van der Waals surface area (Å²) in [5.41, 5.74) is 2.57. The summed E-state index contributed by atoms with van der Waals surface area (Å²) in [6.45, 7) is 11.0. The Hall–Kier alpha value is -0.350. The van der Waals surface area contributed by atoms with Crippen LogP contribution < -0.4 is 5.32 Å². The van der Waals surface area contributed by atoms with Crippen LogP contribution in [0.4, 0.5) is 0 Å². The van der Waals surface area contributed by atoms with Gasteiger partial charge in [-0.2, -0.15) is 5.10 Å². The lowest BCUT2D eigenvalue weighted by atomic mass is 9.93. The molecule has 1 heterocycles. The molecule has 0 amide bonds. The third-order valence-electron chi connectivity index (χ3n) is 4.88. The lowest BCUT2D eigenvalue weighted by Crippen LogP contribution is -2.37. The third-order valence-corrected chi connectivity index (χ3v) is 5.79. The van der Waals surface area contributed by atoms with Gasteiger partial charge in [-0.15, -0.1) is 0 Å². The quantitative estimate of drug-likeness (QED) is 0.794. The van der Waals surface area contributed by atoms with E-state index < -0.39 is 0 Å². The average Bonchev–Trinajstić information content (AvgIpc) is 3.03. The van der Waals surface area contributed by atoms with Gasteiger partial charge in [0, 0.05) is 19.0 Å². The summed E-state index contributed by atoms with van der Waals surface area (Å²) in [7, 11) is 0. The van der Waals surface area contributed by atoms with Crippen LogP contribution in [0.25, 0.3) is 0 Å². The normalized spacial score (nSPS) is 23.7. The Kier molecular flexibility index (Phi) is 6.30. The predicted molar refractivity (Wildman–Crippen MR) is 92.7 cm³/mol. The van der Waals surface area contributed by atoms with E-state index in [1.807, 2.05) is 0 Å². The van der Waals surface area contributed by atoms with Crippen LogP contribution in [0.15, 0.2) is 4.47 Å². The molecule has 0 aromatic carbocycles. The van der Waals surface area contributed by atoms with Crippen molar-refractivity contribution in [2.24, 2.45) is 11.8 Å². The van der Waals surface area contributed by atoms with Gasteiger partial charge in [-0.1, -0.05) is 27.2 Å². The van der Waals surface area contributed by atoms with Gasteiger partial charge in [-0.05, 0) is 60.5 Å². The first-order chi connectivity index (χ1) is 10.1. The molecule has 1 aliphatic carbocycles. The van der Waals surface area contributed by atoms with Crippen molar-refractivity contribution in [3.05, 3.63) is 15.9 Å². The van der Waals surface area contributed by atoms with E-state index in [2.05, 4.69) is 53.6 Å². The van der Waals surface area contributed by atoms with Gasteiger partial charge in [-0.3, -0.25) is 4.68 Å². The van der Waals surface area contributed by atoms with Crippen molar-refractivity contribution in [3.8, 4) is 0 Å². The first-order valence-electron chi connectivity index (χ1n) is 8.58. The maximum atomic E-state index is 4.74. The molecule has 0 bridgehead atoms. The van der Waals surface area contributed by atoms with Gasteiger partial charge in [0.25, 0.3) is 0 Å². The van der Waals surface area contributed by atoms with E-state index in [1.54, 1.807) is 0 Å². The van der Waals surface area contributed by atoms with Crippen molar-refractivity contribution in [3.63, 3.8) is 0 Å². The molecule has 1 aliphatic rings. The van der Waals surface area contributed by atoms with Crippen molar-refractivity contribution >= 4 is 15.9 Å². The van der Waals surface area contributed by atoms with Crippen molar-refractivity contribution in [1.82, 2.24) is 15.1 Å². The number of hydrogen-bond donors (Lipinski definition) is 1. The molecule has 1 N–H and O–H groups in total. The van der Waals surface area contributed by atoms with Crippen LogP contribution in [-0.4, -0.2) is 22.4 Å². The largest absolute Gasteiger partial charge is 0.314 e. The van der Waals surface area contributed by atoms with E-state index in [9.17, 15) is 0 Å². The van der Waals surface area contributed by atoms with Crippen LogP contribution in [-0.2, 0) is 19.4 Å². The Labute approximate surface area is 138 Å². The van der Waals surface area contributed by atoms with Crippen molar-refractivity contribution in [2.45, 2.75) is 72.4 Å². The lowest BCUT2D eigenvalue weighted by molar-refractivity contribution is 0.347. The van der Waals surface area contributed by atoms with Crippen molar-refractivity contribution < 1.29 is 0 Å². The fourth-order valence-corrected chi connectivity index (χ4v) is 4.43. The molecular weight excluding hydrogens is 326 g/mol. The van der Waals surface area contributed by atoms with E-state index in [0.717, 1.165) is 37.8 Å². The van der Waals surface area contributed by atoms with E-state index in [4.69, 9.17) is 5.10 Å². The molecule has 0 spiro atoms. The number of aryl methyl sites for hydroxylation is 2. The summed E-state index contributed by atoms with van der Waals surface area (Å²) in [5, 5.41) is 8.48. The Morgan fingerprint density at radius 1 is 1.33 bits per heavy atom. The molecule has 120 valence electrons. The first kappa shape index (κ1) is 17.0. The number of nitrogens with one attached hydrogen (secondary N) is 1.